The summed E-state index contributed by atoms with van der Waals surface area (Å²) < 4.78 is 11.2. The number of methoxy groups -OCH3 is 1. The molecule has 3 N–H and O–H groups in total. The number of rotatable bonds is 6. The van der Waals surface area contributed by atoms with E-state index in [1.54, 1.807) is 32.2 Å². The summed E-state index contributed by atoms with van der Waals surface area (Å²) in [5.74, 6) is -0.450. The van der Waals surface area contributed by atoms with Crippen molar-refractivity contribution in [1.82, 2.24) is 9.97 Å². The standard InChI is InChI=1S/C15H16BrN3O4/c1-8-12(14(20)21)13(19-15(17)18-8)9-3-4-11(10(16)7-9)23-6-5-22-2/h3-4,7H,5-6H2,1-2H3,(H,20,21)(H2,17,18,19). The van der Waals surface area contributed by atoms with Gasteiger partial charge in [-0.15, -0.1) is 0 Å². The third-order valence-electron chi connectivity index (χ3n) is 3.07. The topological polar surface area (TPSA) is 108 Å². The van der Waals surface area contributed by atoms with E-state index in [2.05, 4.69) is 25.9 Å². The quantitative estimate of drug-likeness (QED) is 0.739. The van der Waals surface area contributed by atoms with Crippen LogP contribution in [-0.2, 0) is 4.74 Å². The Morgan fingerprint density at radius 3 is 2.70 bits per heavy atom. The minimum absolute atomic E-state index is 0.0269. The number of benzene rings is 1. The fraction of sp³-hybridized carbons (Fsp3) is 0.267. The molecule has 0 radical (unpaired) electrons. The van der Waals surface area contributed by atoms with Gasteiger partial charge >= 0.3 is 5.97 Å². The number of carboxylic acid groups (broad SMARTS) is 1. The van der Waals surface area contributed by atoms with Gasteiger partial charge in [0.05, 0.1) is 22.5 Å². The number of aryl methyl sites for hydroxylation is 1. The molecule has 0 saturated carbocycles. The Morgan fingerprint density at radius 1 is 1.35 bits per heavy atom. The summed E-state index contributed by atoms with van der Waals surface area (Å²) in [5.41, 5.74) is 6.86. The van der Waals surface area contributed by atoms with Crippen molar-refractivity contribution in [1.29, 1.82) is 0 Å². The normalized spacial score (nSPS) is 10.6. The molecule has 0 amide bonds. The summed E-state index contributed by atoms with van der Waals surface area (Å²) in [4.78, 5) is 19.5. The van der Waals surface area contributed by atoms with Crippen LogP contribution < -0.4 is 10.5 Å². The molecule has 1 aromatic carbocycles. The largest absolute Gasteiger partial charge is 0.490 e. The van der Waals surface area contributed by atoms with Gasteiger partial charge < -0.3 is 20.3 Å². The monoisotopic (exact) mass is 381 g/mol. The molecule has 2 rings (SSSR count). The second-order valence-corrected chi connectivity index (χ2v) is 5.54. The smallest absolute Gasteiger partial charge is 0.339 e. The fourth-order valence-electron chi connectivity index (χ4n) is 2.06. The molecule has 23 heavy (non-hydrogen) atoms. The van der Waals surface area contributed by atoms with Gasteiger partial charge in [-0.1, -0.05) is 0 Å². The van der Waals surface area contributed by atoms with Gasteiger partial charge in [-0.05, 0) is 41.1 Å². The molecule has 7 nitrogen and oxygen atoms in total. The molecule has 0 aliphatic heterocycles. The third-order valence-corrected chi connectivity index (χ3v) is 3.69. The Hall–Kier alpha value is -2.19. The number of carbonyl (C=O) groups is 1. The molecule has 8 heteroatoms. The van der Waals surface area contributed by atoms with Gasteiger partial charge in [-0.25, -0.2) is 14.8 Å². The van der Waals surface area contributed by atoms with E-state index in [-0.39, 0.29) is 17.2 Å². The number of nitrogen functional groups attached to an aromatic ring is 1. The highest BCUT2D eigenvalue weighted by molar-refractivity contribution is 9.10. The summed E-state index contributed by atoms with van der Waals surface area (Å²) in [7, 11) is 1.59. The van der Waals surface area contributed by atoms with Gasteiger partial charge in [0.1, 0.15) is 17.9 Å². The van der Waals surface area contributed by atoms with Crippen LogP contribution in [0.5, 0.6) is 5.75 Å². The second kappa shape index (κ2) is 7.38. The van der Waals surface area contributed by atoms with Gasteiger partial charge in [-0.2, -0.15) is 0 Å². The molecule has 0 atom stereocenters. The summed E-state index contributed by atoms with van der Waals surface area (Å²) >= 11 is 3.41. The Bertz CT molecular complexity index is 737. The maximum absolute atomic E-state index is 11.5. The third kappa shape index (κ3) is 3.96. The predicted octanol–water partition coefficient (Wildman–Crippen LogP) is 2.52. The zero-order valence-electron chi connectivity index (χ0n) is 12.7. The van der Waals surface area contributed by atoms with E-state index in [1.165, 1.54) is 0 Å². The molecule has 122 valence electrons. The van der Waals surface area contributed by atoms with E-state index in [0.29, 0.717) is 34.7 Å². The lowest BCUT2D eigenvalue weighted by Crippen LogP contribution is -2.10. The summed E-state index contributed by atoms with van der Waals surface area (Å²) in [6.45, 7) is 2.47. The lowest BCUT2D eigenvalue weighted by Gasteiger charge is -2.12. The number of carboxylic acids is 1. The predicted molar refractivity (Wildman–Crippen MR) is 88.6 cm³/mol. The number of hydrogen-bond donors (Lipinski definition) is 2. The lowest BCUT2D eigenvalue weighted by molar-refractivity contribution is 0.0696. The van der Waals surface area contributed by atoms with Crippen LogP contribution in [0.25, 0.3) is 11.3 Å². The molecular weight excluding hydrogens is 366 g/mol. The average molecular weight is 382 g/mol. The highest BCUT2D eigenvalue weighted by Crippen LogP contribution is 2.32. The summed E-state index contributed by atoms with van der Waals surface area (Å²) in [5, 5.41) is 9.39. The molecule has 0 aliphatic rings. The van der Waals surface area contributed by atoms with Crippen molar-refractivity contribution < 1.29 is 19.4 Å². The van der Waals surface area contributed by atoms with Crippen LogP contribution >= 0.6 is 15.9 Å². The van der Waals surface area contributed by atoms with E-state index in [1.807, 2.05) is 0 Å². The van der Waals surface area contributed by atoms with Crippen molar-refractivity contribution >= 4 is 27.8 Å². The number of hydrogen-bond acceptors (Lipinski definition) is 6. The van der Waals surface area contributed by atoms with Crippen LogP contribution in [0.1, 0.15) is 16.1 Å². The van der Waals surface area contributed by atoms with Crippen molar-refractivity contribution in [2.75, 3.05) is 26.1 Å². The van der Waals surface area contributed by atoms with Gasteiger partial charge in [0, 0.05) is 12.7 Å². The molecule has 2 aromatic rings. The molecule has 0 saturated heterocycles. The van der Waals surface area contributed by atoms with Crippen molar-refractivity contribution in [3.63, 3.8) is 0 Å². The van der Waals surface area contributed by atoms with Gasteiger partial charge in [0.25, 0.3) is 0 Å². The van der Waals surface area contributed by atoms with E-state index in [9.17, 15) is 9.90 Å². The van der Waals surface area contributed by atoms with Crippen LogP contribution in [0, 0.1) is 6.92 Å². The van der Waals surface area contributed by atoms with Gasteiger partial charge in [0.15, 0.2) is 0 Å². The van der Waals surface area contributed by atoms with Crippen LogP contribution in [0.2, 0.25) is 0 Å². The number of halogens is 1. The van der Waals surface area contributed by atoms with Crippen molar-refractivity contribution in [3.05, 3.63) is 33.9 Å². The van der Waals surface area contributed by atoms with Crippen LogP contribution in [0.4, 0.5) is 5.95 Å². The Morgan fingerprint density at radius 2 is 2.09 bits per heavy atom. The van der Waals surface area contributed by atoms with Gasteiger partial charge in [-0.3, -0.25) is 0 Å². The zero-order valence-corrected chi connectivity index (χ0v) is 14.3. The second-order valence-electron chi connectivity index (χ2n) is 4.68. The Kier molecular flexibility index (Phi) is 5.51. The fourth-order valence-corrected chi connectivity index (χ4v) is 2.55. The number of nitrogens with two attached hydrogens (primary N) is 1. The molecule has 0 unspecified atom stereocenters. The molecule has 0 fully saturated rings. The number of aromatic nitrogens is 2. The zero-order chi connectivity index (χ0) is 17.0. The van der Waals surface area contributed by atoms with E-state index in [4.69, 9.17) is 15.2 Å². The molecule has 1 heterocycles. The number of anilines is 1. The molecule has 0 aliphatic carbocycles. The van der Waals surface area contributed by atoms with E-state index < -0.39 is 5.97 Å². The minimum atomic E-state index is -1.10. The van der Waals surface area contributed by atoms with Gasteiger partial charge in [0.2, 0.25) is 5.95 Å². The molecular formula is C15H16BrN3O4. The molecule has 1 aromatic heterocycles. The molecule has 0 spiro atoms. The first-order chi connectivity index (χ1) is 10.9. The molecule has 0 bridgehead atoms. The van der Waals surface area contributed by atoms with Crippen molar-refractivity contribution in [2.45, 2.75) is 6.92 Å². The Balaban J connectivity index is 2.43. The minimum Gasteiger partial charge on any atom is -0.490 e. The SMILES string of the molecule is COCCOc1ccc(-c2nc(N)nc(C)c2C(=O)O)cc1Br. The maximum Gasteiger partial charge on any atom is 0.339 e. The first-order valence-electron chi connectivity index (χ1n) is 6.73. The van der Waals surface area contributed by atoms with Crippen molar-refractivity contribution in [2.24, 2.45) is 0 Å². The van der Waals surface area contributed by atoms with Crippen LogP contribution in [0.3, 0.4) is 0 Å². The van der Waals surface area contributed by atoms with E-state index >= 15 is 0 Å². The first kappa shape index (κ1) is 17.2. The average Bonchev–Trinajstić information content (AvgIpc) is 2.47. The van der Waals surface area contributed by atoms with E-state index in [0.717, 1.165) is 0 Å². The highest BCUT2D eigenvalue weighted by Gasteiger charge is 2.19. The highest BCUT2D eigenvalue weighted by atomic mass is 79.9. The maximum atomic E-state index is 11.5. The lowest BCUT2D eigenvalue weighted by atomic mass is 10.0. The van der Waals surface area contributed by atoms with Crippen molar-refractivity contribution in [3.8, 4) is 17.0 Å². The number of ether oxygens (including phenoxy) is 2. The Labute approximate surface area is 141 Å². The van der Waals surface area contributed by atoms with Crippen LogP contribution in [-0.4, -0.2) is 41.4 Å². The number of nitrogens with zero attached hydrogens (tertiary/aromatic N) is 2. The summed E-state index contributed by atoms with van der Waals surface area (Å²) in [6.07, 6.45) is 0. The summed E-state index contributed by atoms with van der Waals surface area (Å²) in [6, 6.07) is 5.19. The number of aromatic carboxylic acids is 1. The van der Waals surface area contributed by atoms with Crippen LogP contribution in [0.15, 0.2) is 22.7 Å². The first-order valence-corrected chi connectivity index (χ1v) is 7.52.